The maximum atomic E-state index is 13.5. The summed E-state index contributed by atoms with van der Waals surface area (Å²) in [6.07, 6.45) is 4.28. The van der Waals surface area contributed by atoms with Gasteiger partial charge in [-0.2, -0.15) is 4.39 Å². The Bertz CT molecular complexity index is 526. The van der Waals surface area contributed by atoms with Crippen LogP contribution in [0.4, 0.5) is 20.2 Å². The third-order valence-corrected chi connectivity index (χ3v) is 2.34. The standard InChI is InChI=1S/C11H8F2N2O2/c12-8-4-5-9(15(16)17)10(7-8)14-6-2-1-3-11(14)13/h1-5,7H,6H2. The van der Waals surface area contributed by atoms with Gasteiger partial charge < -0.3 is 4.90 Å². The molecule has 1 aliphatic heterocycles. The van der Waals surface area contributed by atoms with E-state index in [2.05, 4.69) is 0 Å². The second kappa shape index (κ2) is 4.32. The second-order valence-corrected chi connectivity index (χ2v) is 3.42. The smallest absolute Gasteiger partial charge is 0.293 e. The van der Waals surface area contributed by atoms with Gasteiger partial charge in [0.1, 0.15) is 11.5 Å². The quantitative estimate of drug-likeness (QED) is 0.452. The van der Waals surface area contributed by atoms with Gasteiger partial charge in [0.05, 0.1) is 4.92 Å². The molecule has 0 saturated heterocycles. The van der Waals surface area contributed by atoms with Crippen LogP contribution in [0.15, 0.2) is 42.4 Å². The topological polar surface area (TPSA) is 46.4 Å². The Labute approximate surface area is 95.6 Å². The number of nitro groups is 1. The van der Waals surface area contributed by atoms with Crippen molar-refractivity contribution < 1.29 is 13.7 Å². The zero-order valence-corrected chi connectivity index (χ0v) is 8.64. The molecular weight excluding hydrogens is 230 g/mol. The van der Waals surface area contributed by atoms with Crippen LogP contribution in [0, 0.1) is 15.9 Å². The molecule has 88 valence electrons. The van der Waals surface area contributed by atoms with Crippen molar-refractivity contribution in [1.29, 1.82) is 0 Å². The fourth-order valence-electron chi connectivity index (χ4n) is 1.57. The molecule has 0 bridgehead atoms. The SMILES string of the molecule is O=[N+]([O-])c1ccc(F)cc1N1CC=CC=C1F. The van der Waals surface area contributed by atoms with E-state index < -0.39 is 16.7 Å². The van der Waals surface area contributed by atoms with Crippen LogP contribution in [-0.4, -0.2) is 11.5 Å². The lowest BCUT2D eigenvalue weighted by molar-refractivity contribution is -0.384. The van der Waals surface area contributed by atoms with Crippen LogP contribution in [-0.2, 0) is 0 Å². The Morgan fingerprint density at radius 2 is 2.12 bits per heavy atom. The molecule has 0 aromatic heterocycles. The minimum absolute atomic E-state index is 0.0897. The van der Waals surface area contributed by atoms with Crippen molar-refractivity contribution in [1.82, 2.24) is 0 Å². The first-order chi connectivity index (χ1) is 8.09. The third-order valence-electron chi connectivity index (χ3n) is 2.34. The van der Waals surface area contributed by atoms with Gasteiger partial charge in [-0.25, -0.2) is 4.39 Å². The zero-order chi connectivity index (χ0) is 12.4. The molecule has 1 aromatic carbocycles. The lowest BCUT2D eigenvalue weighted by Crippen LogP contribution is -2.23. The first-order valence-electron chi connectivity index (χ1n) is 4.83. The zero-order valence-electron chi connectivity index (χ0n) is 8.64. The Morgan fingerprint density at radius 3 is 2.76 bits per heavy atom. The van der Waals surface area contributed by atoms with Crippen LogP contribution in [0.1, 0.15) is 0 Å². The lowest BCUT2D eigenvalue weighted by atomic mass is 10.2. The summed E-state index contributed by atoms with van der Waals surface area (Å²) >= 11 is 0. The van der Waals surface area contributed by atoms with Crippen molar-refractivity contribution in [3.63, 3.8) is 0 Å². The minimum Gasteiger partial charge on any atom is -0.308 e. The summed E-state index contributed by atoms with van der Waals surface area (Å²) in [4.78, 5) is 11.2. The first-order valence-corrected chi connectivity index (χ1v) is 4.83. The van der Waals surface area contributed by atoms with Crippen LogP contribution in [0.2, 0.25) is 0 Å². The number of halogens is 2. The molecule has 1 aliphatic rings. The monoisotopic (exact) mass is 238 g/mol. The van der Waals surface area contributed by atoms with E-state index in [1.54, 1.807) is 6.08 Å². The molecule has 0 atom stereocenters. The summed E-state index contributed by atoms with van der Waals surface area (Å²) in [5.41, 5.74) is -0.418. The molecule has 0 radical (unpaired) electrons. The highest BCUT2D eigenvalue weighted by Crippen LogP contribution is 2.32. The number of anilines is 1. The summed E-state index contributed by atoms with van der Waals surface area (Å²) in [5, 5.41) is 10.8. The largest absolute Gasteiger partial charge is 0.308 e. The van der Waals surface area contributed by atoms with E-state index in [4.69, 9.17) is 0 Å². The molecule has 2 rings (SSSR count). The molecule has 1 heterocycles. The second-order valence-electron chi connectivity index (χ2n) is 3.42. The normalized spacial score (nSPS) is 14.7. The van der Waals surface area contributed by atoms with E-state index in [1.807, 2.05) is 0 Å². The van der Waals surface area contributed by atoms with E-state index >= 15 is 0 Å². The van der Waals surface area contributed by atoms with Crippen LogP contribution in [0.25, 0.3) is 0 Å². The number of allylic oxidation sites excluding steroid dienone is 2. The van der Waals surface area contributed by atoms with E-state index in [0.29, 0.717) is 0 Å². The fourth-order valence-corrected chi connectivity index (χ4v) is 1.57. The lowest BCUT2D eigenvalue weighted by Gasteiger charge is -2.22. The van der Waals surface area contributed by atoms with Crippen molar-refractivity contribution >= 4 is 11.4 Å². The maximum absolute atomic E-state index is 13.5. The van der Waals surface area contributed by atoms with Crippen molar-refractivity contribution in [2.45, 2.75) is 0 Å². The molecule has 0 aliphatic carbocycles. The van der Waals surface area contributed by atoms with Gasteiger partial charge >= 0.3 is 0 Å². The van der Waals surface area contributed by atoms with Crippen LogP contribution < -0.4 is 4.90 Å². The number of nitro benzene ring substituents is 1. The Morgan fingerprint density at radius 1 is 1.35 bits per heavy atom. The van der Waals surface area contributed by atoms with E-state index in [1.165, 1.54) is 6.08 Å². The third kappa shape index (κ3) is 2.15. The predicted molar refractivity (Wildman–Crippen MR) is 58.7 cm³/mol. The summed E-state index contributed by atoms with van der Waals surface area (Å²) in [6.45, 7) is 0.132. The molecule has 17 heavy (non-hydrogen) atoms. The Hall–Kier alpha value is -2.24. The number of hydrogen-bond donors (Lipinski definition) is 0. The highest BCUT2D eigenvalue weighted by atomic mass is 19.1. The highest BCUT2D eigenvalue weighted by Gasteiger charge is 2.23. The van der Waals surface area contributed by atoms with E-state index in [0.717, 1.165) is 29.2 Å². The fraction of sp³-hybridized carbons (Fsp3) is 0.0909. The van der Waals surface area contributed by atoms with Crippen molar-refractivity contribution in [2.75, 3.05) is 11.4 Å². The molecule has 0 N–H and O–H groups in total. The van der Waals surface area contributed by atoms with Crippen LogP contribution in [0.3, 0.4) is 0 Å². The average Bonchev–Trinajstić information content (AvgIpc) is 2.29. The van der Waals surface area contributed by atoms with Gasteiger partial charge in [-0.15, -0.1) is 0 Å². The molecular formula is C11H8F2N2O2. The van der Waals surface area contributed by atoms with Gasteiger partial charge in [0.2, 0.25) is 0 Å². The molecule has 6 heteroatoms. The Balaban J connectivity index is 2.50. The number of rotatable bonds is 2. The molecule has 0 amide bonds. The van der Waals surface area contributed by atoms with E-state index in [-0.39, 0.29) is 17.9 Å². The summed E-state index contributed by atoms with van der Waals surface area (Å²) < 4.78 is 26.6. The number of hydrogen-bond acceptors (Lipinski definition) is 3. The Kier molecular flexibility index (Phi) is 2.86. The number of nitrogens with zero attached hydrogens (tertiary/aromatic N) is 2. The maximum Gasteiger partial charge on any atom is 0.293 e. The molecule has 0 fully saturated rings. The predicted octanol–water partition coefficient (Wildman–Crippen LogP) is 2.92. The molecule has 0 unspecified atom stereocenters. The van der Waals surface area contributed by atoms with Gasteiger partial charge in [-0.3, -0.25) is 10.1 Å². The van der Waals surface area contributed by atoms with Crippen LogP contribution in [0.5, 0.6) is 0 Å². The summed E-state index contributed by atoms with van der Waals surface area (Å²) in [7, 11) is 0. The molecule has 0 spiro atoms. The average molecular weight is 238 g/mol. The van der Waals surface area contributed by atoms with Gasteiger partial charge in [-0.1, -0.05) is 12.2 Å². The minimum atomic E-state index is -0.666. The molecule has 0 saturated carbocycles. The van der Waals surface area contributed by atoms with Gasteiger partial charge in [0, 0.05) is 18.7 Å². The van der Waals surface area contributed by atoms with Gasteiger partial charge in [0.25, 0.3) is 5.69 Å². The highest BCUT2D eigenvalue weighted by molar-refractivity contribution is 5.66. The number of benzene rings is 1. The first kappa shape index (κ1) is 11.3. The van der Waals surface area contributed by atoms with Crippen molar-refractivity contribution in [3.05, 3.63) is 58.3 Å². The molecule has 1 aromatic rings. The summed E-state index contributed by atoms with van der Waals surface area (Å²) in [6, 6.07) is 2.95. The summed E-state index contributed by atoms with van der Waals surface area (Å²) in [5.74, 6) is -1.30. The van der Waals surface area contributed by atoms with Gasteiger partial charge in [-0.05, 0) is 12.1 Å². The van der Waals surface area contributed by atoms with Crippen molar-refractivity contribution in [2.24, 2.45) is 0 Å². The van der Waals surface area contributed by atoms with Gasteiger partial charge in [0.15, 0.2) is 5.95 Å². The molecule has 4 nitrogen and oxygen atoms in total. The van der Waals surface area contributed by atoms with E-state index in [9.17, 15) is 18.9 Å². The van der Waals surface area contributed by atoms with Crippen LogP contribution >= 0.6 is 0 Å². The van der Waals surface area contributed by atoms with Crippen molar-refractivity contribution in [3.8, 4) is 0 Å².